The van der Waals surface area contributed by atoms with Crippen LogP contribution in [-0.4, -0.2) is 17.4 Å². The van der Waals surface area contributed by atoms with E-state index in [2.05, 4.69) is 5.32 Å². The van der Waals surface area contributed by atoms with Crippen LogP contribution >= 0.6 is 0 Å². The van der Waals surface area contributed by atoms with Crippen LogP contribution in [0.4, 0.5) is 10.1 Å². The van der Waals surface area contributed by atoms with Crippen LogP contribution in [0.15, 0.2) is 36.4 Å². The lowest BCUT2D eigenvalue weighted by Crippen LogP contribution is -2.28. The number of amides is 1. The molecule has 0 spiro atoms. The highest BCUT2D eigenvalue weighted by Crippen LogP contribution is 2.22. The predicted octanol–water partition coefficient (Wildman–Crippen LogP) is 3.05. The van der Waals surface area contributed by atoms with E-state index in [1.54, 1.807) is 26.0 Å². The van der Waals surface area contributed by atoms with Crippen molar-refractivity contribution in [2.24, 2.45) is 0 Å². The van der Waals surface area contributed by atoms with E-state index in [4.69, 9.17) is 4.74 Å². The van der Waals surface area contributed by atoms with Gasteiger partial charge in [0.25, 0.3) is 11.6 Å². The maximum absolute atomic E-state index is 13.4. The van der Waals surface area contributed by atoms with Gasteiger partial charge in [-0.3, -0.25) is 14.9 Å². The maximum Gasteiger partial charge on any atom is 0.272 e. The SMILES string of the molecule is Cc1ccc(CNC(=O)COc2ccc([N+](=O)[O-])c(C)c2)cc1F. The zero-order valence-electron chi connectivity index (χ0n) is 13.3. The molecule has 1 amide bonds. The third kappa shape index (κ3) is 4.52. The molecule has 0 radical (unpaired) electrons. The van der Waals surface area contributed by atoms with Crippen molar-refractivity contribution in [2.75, 3.05) is 6.61 Å². The van der Waals surface area contributed by atoms with Gasteiger partial charge in [0.05, 0.1) is 4.92 Å². The lowest BCUT2D eigenvalue weighted by atomic mass is 10.1. The first-order chi connectivity index (χ1) is 11.4. The number of carbonyl (C=O) groups excluding carboxylic acids is 1. The summed E-state index contributed by atoms with van der Waals surface area (Å²) in [6, 6.07) is 9.02. The average molecular weight is 332 g/mol. The first-order valence-electron chi connectivity index (χ1n) is 7.26. The van der Waals surface area contributed by atoms with Crippen LogP contribution in [0.25, 0.3) is 0 Å². The van der Waals surface area contributed by atoms with E-state index >= 15 is 0 Å². The zero-order valence-corrected chi connectivity index (χ0v) is 13.3. The molecule has 126 valence electrons. The third-order valence-electron chi connectivity index (χ3n) is 3.46. The number of ether oxygens (including phenoxy) is 1. The van der Waals surface area contributed by atoms with E-state index in [1.165, 1.54) is 24.3 Å². The summed E-state index contributed by atoms with van der Waals surface area (Å²) < 4.78 is 18.7. The third-order valence-corrected chi connectivity index (χ3v) is 3.46. The summed E-state index contributed by atoms with van der Waals surface area (Å²) in [5.41, 5.74) is 1.64. The van der Waals surface area contributed by atoms with Crippen LogP contribution in [-0.2, 0) is 11.3 Å². The molecule has 0 bridgehead atoms. The first kappa shape index (κ1) is 17.4. The van der Waals surface area contributed by atoms with Gasteiger partial charge in [0.15, 0.2) is 6.61 Å². The highest BCUT2D eigenvalue weighted by atomic mass is 19.1. The Labute approximate surface area is 138 Å². The summed E-state index contributed by atoms with van der Waals surface area (Å²) in [5.74, 6) is -0.319. The van der Waals surface area contributed by atoms with Crippen molar-refractivity contribution in [2.45, 2.75) is 20.4 Å². The number of hydrogen-bond acceptors (Lipinski definition) is 4. The molecule has 24 heavy (non-hydrogen) atoms. The van der Waals surface area contributed by atoms with Gasteiger partial charge in [0, 0.05) is 18.2 Å². The van der Waals surface area contributed by atoms with Crippen LogP contribution in [0.1, 0.15) is 16.7 Å². The Morgan fingerprint density at radius 3 is 2.58 bits per heavy atom. The van der Waals surface area contributed by atoms with E-state index < -0.39 is 4.92 Å². The monoisotopic (exact) mass is 332 g/mol. The minimum absolute atomic E-state index is 0.00630. The van der Waals surface area contributed by atoms with Gasteiger partial charge in [-0.25, -0.2) is 4.39 Å². The number of rotatable bonds is 6. The molecule has 1 N–H and O–H groups in total. The van der Waals surface area contributed by atoms with E-state index in [0.717, 1.165) is 0 Å². The lowest BCUT2D eigenvalue weighted by Gasteiger charge is -2.09. The molecular weight excluding hydrogens is 315 g/mol. The van der Waals surface area contributed by atoms with Crippen molar-refractivity contribution < 1.29 is 18.8 Å². The fourth-order valence-electron chi connectivity index (χ4n) is 2.07. The first-order valence-corrected chi connectivity index (χ1v) is 7.26. The number of hydrogen-bond donors (Lipinski definition) is 1. The number of nitro benzene ring substituents is 1. The fraction of sp³-hybridized carbons (Fsp3) is 0.235. The maximum atomic E-state index is 13.4. The number of nitrogens with one attached hydrogen (secondary N) is 1. The molecular formula is C17H17FN2O4. The Morgan fingerprint density at radius 2 is 1.96 bits per heavy atom. The van der Waals surface area contributed by atoms with Gasteiger partial charge >= 0.3 is 0 Å². The molecule has 0 heterocycles. The molecule has 0 saturated carbocycles. The number of halogens is 1. The minimum atomic E-state index is -0.480. The normalized spacial score (nSPS) is 10.3. The summed E-state index contributed by atoms with van der Waals surface area (Å²) in [4.78, 5) is 22.0. The predicted molar refractivity (Wildman–Crippen MR) is 86.3 cm³/mol. The number of nitro groups is 1. The Balaban J connectivity index is 1.85. The second-order valence-corrected chi connectivity index (χ2v) is 5.35. The van der Waals surface area contributed by atoms with Crippen molar-refractivity contribution in [1.29, 1.82) is 0 Å². The zero-order chi connectivity index (χ0) is 17.7. The van der Waals surface area contributed by atoms with E-state index in [-0.39, 0.29) is 30.6 Å². The van der Waals surface area contributed by atoms with Crippen molar-refractivity contribution in [3.05, 3.63) is 69.0 Å². The fourth-order valence-corrected chi connectivity index (χ4v) is 2.07. The second kappa shape index (κ2) is 7.54. The number of aryl methyl sites for hydroxylation is 2. The van der Waals surface area contributed by atoms with Crippen molar-refractivity contribution in [1.82, 2.24) is 5.32 Å². The molecule has 6 nitrogen and oxygen atoms in total. The quantitative estimate of drug-likeness (QED) is 0.651. The molecule has 0 saturated heterocycles. The summed E-state index contributed by atoms with van der Waals surface area (Å²) >= 11 is 0. The number of carbonyl (C=O) groups is 1. The van der Waals surface area contributed by atoms with Gasteiger partial charge in [-0.15, -0.1) is 0 Å². The van der Waals surface area contributed by atoms with Crippen molar-refractivity contribution in [3.63, 3.8) is 0 Å². The molecule has 0 unspecified atom stereocenters. The largest absolute Gasteiger partial charge is 0.484 e. The Bertz CT molecular complexity index is 777. The number of benzene rings is 2. The van der Waals surface area contributed by atoms with Crippen LogP contribution in [0.3, 0.4) is 0 Å². The summed E-state index contributed by atoms with van der Waals surface area (Å²) in [5, 5.41) is 13.4. The van der Waals surface area contributed by atoms with Gasteiger partial charge in [-0.05, 0) is 43.2 Å². The number of nitrogens with zero attached hydrogens (tertiary/aromatic N) is 1. The molecule has 2 rings (SSSR count). The van der Waals surface area contributed by atoms with Crippen LogP contribution in [0.2, 0.25) is 0 Å². The standard InChI is InChI=1S/C17H17FN2O4/c1-11-3-4-13(8-15(11)18)9-19-17(21)10-24-14-5-6-16(20(22)23)12(2)7-14/h3-8H,9-10H2,1-2H3,(H,19,21). The second-order valence-electron chi connectivity index (χ2n) is 5.35. The molecule has 0 fully saturated rings. The van der Waals surface area contributed by atoms with Crippen molar-refractivity contribution in [3.8, 4) is 5.75 Å². The van der Waals surface area contributed by atoms with Gasteiger partial charge in [-0.2, -0.15) is 0 Å². The molecule has 2 aromatic carbocycles. The Hall–Kier alpha value is -2.96. The molecule has 2 aromatic rings. The van der Waals surface area contributed by atoms with Crippen LogP contribution in [0.5, 0.6) is 5.75 Å². The van der Waals surface area contributed by atoms with E-state index in [9.17, 15) is 19.3 Å². The molecule has 7 heteroatoms. The van der Waals surface area contributed by atoms with Gasteiger partial charge in [0.2, 0.25) is 0 Å². The topological polar surface area (TPSA) is 81.5 Å². The Morgan fingerprint density at radius 1 is 1.21 bits per heavy atom. The van der Waals surface area contributed by atoms with Crippen LogP contribution in [0, 0.1) is 29.8 Å². The molecule has 0 aromatic heterocycles. The van der Waals surface area contributed by atoms with Crippen molar-refractivity contribution >= 4 is 11.6 Å². The van der Waals surface area contributed by atoms with Gasteiger partial charge in [-0.1, -0.05) is 12.1 Å². The molecule has 0 atom stereocenters. The summed E-state index contributed by atoms with van der Waals surface area (Å²) in [6.45, 7) is 3.22. The smallest absolute Gasteiger partial charge is 0.272 e. The van der Waals surface area contributed by atoms with Crippen LogP contribution < -0.4 is 10.1 Å². The summed E-state index contributed by atoms with van der Waals surface area (Å²) in [7, 11) is 0. The highest BCUT2D eigenvalue weighted by Gasteiger charge is 2.11. The average Bonchev–Trinajstić information content (AvgIpc) is 2.53. The summed E-state index contributed by atoms with van der Waals surface area (Å²) in [6.07, 6.45) is 0. The van der Waals surface area contributed by atoms with E-state index in [0.29, 0.717) is 22.4 Å². The lowest BCUT2D eigenvalue weighted by molar-refractivity contribution is -0.385. The molecule has 0 aliphatic rings. The van der Waals surface area contributed by atoms with Gasteiger partial charge < -0.3 is 10.1 Å². The van der Waals surface area contributed by atoms with Gasteiger partial charge in [0.1, 0.15) is 11.6 Å². The minimum Gasteiger partial charge on any atom is -0.484 e. The van der Waals surface area contributed by atoms with E-state index in [1.807, 2.05) is 0 Å². The molecule has 0 aliphatic heterocycles. The molecule has 0 aliphatic carbocycles. The Kier molecular flexibility index (Phi) is 5.47. The highest BCUT2D eigenvalue weighted by molar-refractivity contribution is 5.77.